The van der Waals surface area contributed by atoms with Gasteiger partial charge in [-0.15, -0.1) is 0 Å². The predicted octanol–water partition coefficient (Wildman–Crippen LogP) is -2.79. The Morgan fingerprint density at radius 3 is 0.885 bits per heavy atom. The molecule has 0 spiro atoms. The highest BCUT2D eigenvalue weighted by Gasteiger charge is 2.37. The smallest absolute Gasteiger partial charge is 0.326 e. The van der Waals surface area contributed by atoms with Crippen molar-refractivity contribution in [2.45, 2.75) is 255 Å². The van der Waals surface area contributed by atoms with Crippen molar-refractivity contribution in [2.75, 3.05) is 31.6 Å². The topological polar surface area (TPSA) is 543 Å². The molecule has 0 aliphatic heterocycles. The molecule has 0 saturated carbocycles. The Labute approximate surface area is 615 Å². The summed E-state index contributed by atoms with van der Waals surface area (Å²) >= 11 is 1.39. The molecule has 0 aromatic rings. The van der Waals surface area contributed by atoms with Crippen LogP contribution in [0.25, 0.3) is 0 Å². The maximum Gasteiger partial charge on any atom is 0.326 e. The molecule has 0 fully saturated rings. The average Bonchev–Trinajstić information content (AvgIpc) is 0.842. The first-order valence-corrected chi connectivity index (χ1v) is 36.8. The van der Waals surface area contributed by atoms with Crippen molar-refractivity contribution in [3.05, 3.63) is 0 Å². The van der Waals surface area contributed by atoms with Crippen LogP contribution in [0.4, 0.5) is 0 Å². The van der Waals surface area contributed by atoms with Crippen LogP contribution in [0.2, 0.25) is 0 Å². The van der Waals surface area contributed by atoms with Gasteiger partial charge < -0.3 is 96.3 Å². The number of nitrogens with two attached hydrogens (primary N) is 2. The lowest BCUT2D eigenvalue weighted by atomic mass is 9.98. The van der Waals surface area contributed by atoms with Crippen LogP contribution in [0.15, 0.2) is 0 Å². The van der Waals surface area contributed by atoms with Crippen LogP contribution in [0.1, 0.15) is 176 Å². The molecule has 0 aromatic heterocycles. The van der Waals surface area contributed by atoms with Gasteiger partial charge >= 0.3 is 5.97 Å². The van der Waals surface area contributed by atoms with Crippen LogP contribution < -0.4 is 91.2 Å². The number of carboxylic acid groups (broad SMARTS) is 1. The molecular formula is C68H121N17O18S. The third-order valence-corrected chi connectivity index (χ3v) is 16.3. The molecule has 592 valence electrons. The lowest BCUT2D eigenvalue weighted by Gasteiger charge is -2.29. The molecule has 0 rings (SSSR count). The standard InChI is InChI=1S/C68H121N17O18S/c1-32(2)22-44(60(94)72-29-52(87)75-41(17)58(92)79-43(68(102)103)20-21-104-19)78-54(89)31-71-56(90)39(15)77-61(95)45(23-33(3)4)81-63(97)48(26-36(9)10)84-66(100)50(28-51(69)86)85-65(99)49(27-37(11)12)83-64(98)47(25-35(7)8)82-62(96)46(24-34(5)6)80-59(93)42(18)76-57(91)40(16)74-53(88)30-73-67(101)55(70)38(13)14/h32-50,55H,20-31,70H2,1-19H3,(H2,69,86)(H,71,90)(H,72,94)(H,73,101)(H,74,88)(H,75,87)(H,76,91)(H,77,95)(H,78,89)(H,79,92)(H,80,93)(H,81,97)(H,82,96)(H,83,98)(H,84,100)(H,85,99)(H,102,103)/t39-,40-,41-,42-,43-,44-,45-,46-,47-,48-,49-,50-,55-/m0/s1. The fourth-order valence-corrected chi connectivity index (χ4v) is 10.5. The zero-order chi connectivity index (χ0) is 80.2. The molecule has 36 heteroatoms. The number of carboxylic acids is 1. The summed E-state index contributed by atoms with van der Waals surface area (Å²) in [5.74, 6) is -15.5. The van der Waals surface area contributed by atoms with Gasteiger partial charge in [-0.2, -0.15) is 11.8 Å². The van der Waals surface area contributed by atoms with Gasteiger partial charge in [0.25, 0.3) is 0 Å². The Balaban J connectivity index is 6.34. The van der Waals surface area contributed by atoms with Crippen LogP contribution >= 0.6 is 11.8 Å². The number of hydrogen-bond donors (Lipinski definition) is 18. The Morgan fingerprint density at radius 1 is 0.308 bits per heavy atom. The molecule has 0 aliphatic carbocycles. The van der Waals surface area contributed by atoms with Crippen LogP contribution in [-0.4, -0.2) is 216 Å². The first kappa shape index (κ1) is 95.3. The van der Waals surface area contributed by atoms with E-state index in [1.54, 1.807) is 103 Å². The number of aliphatic carboxylic acids is 1. The molecular weight excluding hydrogens is 1370 g/mol. The minimum atomic E-state index is -1.73. The second kappa shape index (κ2) is 48.3. The first-order chi connectivity index (χ1) is 48.2. The Morgan fingerprint density at radius 2 is 0.558 bits per heavy atom. The fourth-order valence-electron chi connectivity index (χ4n) is 10.0. The predicted molar refractivity (Wildman–Crippen MR) is 389 cm³/mol. The number of carbonyl (C=O) groups is 17. The summed E-state index contributed by atoms with van der Waals surface area (Å²) in [4.78, 5) is 226. The molecule has 104 heavy (non-hydrogen) atoms. The van der Waals surface area contributed by atoms with Gasteiger partial charge in [0.1, 0.15) is 72.5 Å². The van der Waals surface area contributed by atoms with E-state index < -0.39 is 205 Å². The third-order valence-electron chi connectivity index (χ3n) is 15.7. The highest BCUT2D eigenvalue weighted by atomic mass is 32.2. The van der Waals surface area contributed by atoms with Gasteiger partial charge in [0, 0.05) is 0 Å². The lowest BCUT2D eigenvalue weighted by molar-refractivity contribution is -0.142. The second-order valence-electron chi connectivity index (χ2n) is 29.1. The number of carbonyl (C=O) groups excluding carboxylic acids is 16. The highest BCUT2D eigenvalue weighted by molar-refractivity contribution is 7.98. The van der Waals surface area contributed by atoms with E-state index in [1.807, 2.05) is 0 Å². The van der Waals surface area contributed by atoms with Gasteiger partial charge in [-0.1, -0.05) is 96.9 Å². The second-order valence-corrected chi connectivity index (χ2v) is 30.1. The van der Waals surface area contributed by atoms with E-state index in [-0.39, 0.29) is 86.4 Å². The van der Waals surface area contributed by atoms with Crippen molar-refractivity contribution in [1.82, 2.24) is 79.8 Å². The SMILES string of the molecule is CSCC[C@H](NC(=O)[C@H](C)NC(=O)CNC(=O)[C@H](CC(C)C)NC(=O)CNC(=O)[C@H](C)NC(=O)[C@H](CC(C)C)NC(=O)[C@H](CC(C)C)NC(=O)[C@H](CC(N)=O)NC(=O)[C@H](CC(C)C)NC(=O)[C@H](CC(C)C)NC(=O)[C@H](CC(C)C)NC(=O)[C@H](C)NC(=O)[C@H](C)NC(=O)CNC(=O)[C@@H](N)C(C)C)C(=O)O. The van der Waals surface area contributed by atoms with Crippen LogP contribution in [0.3, 0.4) is 0 Å². The van der Waals surface area contributed by atoms with Gasteiger partial charge in [0.2, 0.25) is 94.5 Å². The normalized spacial score (nSPS) is 15.1. The van der Waals surface area contributed by atoms with Gasteiger partial charge in [-0.3, -0.25) is 76.7 Å². The summed E-state index contributed by atoms with van der Waals surface area (Å²) < 4.78 is 0. The number of hydrogen-bond acceptors (Lipinski definition) is 19. The van der Waals surface area contributed by atoms with Crippen molar-refractivity contribution in [2.24, 2.45) is 52.9 Å². The molecule has 16 amide bonds. The largest absolute Gasteiger partial charge is 0.480 e. The number of primary amides is 1. The quantitative estimate of drug-likeness (QED) is 0.0293. The summed E-state index contributed by atoms with van der Waals surface area (Å²) in [6, 6.07) is -16.5. The number of nitrogens with one attached hydrogen (secondary N) is 15. The Hall–Kier alpha value is -8.70. The lowest BCUT2D eigenvalue weighted by Crippen LogP contribution is -2.61. The zero-order valence-electron chi connectivity index (χ0n) is 64.0. The van der Waals surface area contributed by atoms with E-state index in [9.17, 15) is 86.6 Å². The van der Waals surface area contributed by atoms with Crippen LogP contribution in [-0.2, 0) is 81.5 Å². The first-order valence-electron chi connectivity index (χ1n) is 35.4. The molecule has 0 aliphatic rings. The van der Waals surface area contributed by atoms with E-state index in [1.165, 1.54) is 39.5 Å². The summed E-state index contributed by atoms with van der Waals surface area (Å²) in [6.07, 6.45) is 1.30. The summed E-state index contributed by atoms with van der Waals surface area (Å²) in [7, 11) is 0. The van der Waals surface area contributed by atoms with Gasteiger partial charge in [-0.05, 0) is 126 Å². The van der Waals surface area contributed by atoms with Gasteiger partial charge in [-0.25, -0.2) is 4.79 Å². The van der Waals surface area contributed by atoms with Gasteiger partial charge in [0.15, 0.2) is 0 Å². The highest BCUT2D eigenvalue weighted by Crippen LogP contribution is 2.15. The monoisotopic (exact) mass is 1500 g/mol. The number of amides is 16. The van der Waals surface area contributed by atoms with E-state index >= 15 is 0 Å². The zero-order valence-corrected chi connectivity index (χ0v) is 64.8. The van der Waals surface area contributed by atoms with Crippen molar-refractivity contribution in [3.8, 4) is 0 Å². The molecule has 0 unspecified atom stereocenters. The van der Waals surface area contributed by atoms with E-state index in [4.69, 9.17) is 11.5 Å². The maximum absolute atomic E-state index is 14.3. The molecule has 0 aromatic carbocycles. The molecule has 35 nitrogen and oxygen atoms in total. The van der Waals surface area contributed by atoms with Crippen LogP contribution in [0, 0.1) is 41.4 Å². The maximum atomic E-state index is 14.3. The van der Waals surface area contributed by atoms with Gasteiger partial charge in [0.05, 0.1) is 32.1 Å². The third kappa shape index (κ3) is 39.3. The fraction of sp³-hybridized carbons (Fsp3) is 0.750. The van der Waals surface area contributed by atoms with Crippen molar-refractivity contribution in [3.63, 3.8) is 0 Å². The number of rotatable bonds is 49. The average molecular weight is 1500 g/mol. The molecule has 13 atom stereocenters. The van der Waals surface area contributed by atoms with E-state index in [0.717, 1.165) is 0 Å². The molecule has 20 N–H and O–H groups in total. The van der Waals surface area contributed by atoms with Crippen molar-refractivity contribution in [1.29, 1.82) is 0 Å². The van der Waals surface area contributed by atoms with Crippen molar-refractivity contribution >= 4 is 112 Å². The molecule has 0 bridgehead atoms. The van der Waals surface area contributed by atoms with Crippen molar-refractivity contribution < 1.29 is 86.6 Å². The minimum Gasteiger partial charge on any atom is -0.480 e. The summed E-state index contributed by atoms with van der Waals surface area (Å²) in [5.41, 5.74) is 11.4. The number of thioether (sulfide) groups is 1. The molecule has 0 heterocycles. The van der Waals surface area contributed by atoms with E-state index in [0.29, 0.717) is 5.75 Å². The molecule has 0 radical (unpaired) electrons. The minimum absolute atomic E-state index is 0.0174. The summed E-state index contributed by atoms with van der Waals surface area (Å²) in [5, 5.41) is 47.0. The Kier molecular flexibility index (Phi) is 44.3. The summed E-state index contributed by atoms with van der Waals surface area (Å²) in [6.45, 7) is 28.2. The Bertz CT molecular complexity index is 2930. The molecule has 0 saturated heterocycles. The van der Waals surface area contributed by atoms with E-state index in [2.05, 4.69) is 79.8 Å². The van der Waals surface area contributed by atoms with Crippen LogP contribution in [0.5, 0.6) is 0 Å².